The molecule has 42 heavy (non-hydrogen) atoms. The zero-order chi connectivity index (χ0) is 30.3. The molecule has 0 fully saturated rings. The molecular formula is C38H64O3S. The summed E-state index contributed by atoms with van der Waals surface area (Å²) in [6, 6.07) is 9.80. The molecule has 2 aromatic rings. The Morgan fingerprint density at radius 2 is 0.905 bits per heavy atom. The second-order valence-corrected chi connectivity index (χ2v) is 14.3. The average Bonchev–Trinajstić information content (AvgIpc) is 2.97. The van der Waals surface area contributed by atoms with Crippen molar-refractivity contribution in [2.45, 2.75) is 186 Å². The quantitative estimate of drug-likeness (QED) is 0.0819. The maximum Gasteiger partial charge on any atom is 0.294 e. The zero-order valence-corrected chi connectivity index (χ0v) is 28.3. The first kappa shape index (κ1) is 36.8. The summed E-state index contributed by atoms with van der Waals surface area (Å²) in [7, 11) is -4.22. The normalized spacial score (nSPS) is 12.0. The van der Waals surface area contributed by atoms with Crippen molar-refractivity contribution in [3.63, 3.8) is 0 Å². The van der Waals surface area contributed by atoms with Crippen molar-refractivity contribution in [2.24, 2.45) is 0 Å². The van der Waals surface area contributed by atoms with Gasteiger partial charge in [0, 0.05) is 0 Å². The highest BCUT2D eigenvalue weighted by Gasteiger charge is 2.14. The summed E-state index contributed by atoms with van der Waals surface area (Å²) in [5.41, 5.74) is 2.40. The molecule has 0 aromatic heterocycles. The van der Waals surface area contributed by atoms with Crippen LogP contribution in [-0.4, -0.2) is 13.0 Å². The predicted octanol–water partition coefficient (Wildman–Crippen LogP) is 12.6. The fourth-order valence-electron chi connectivity index (χ4n) is 6.29. The summed E-state index contributed by atoms with van der Waals surface area (Å²) >= 11 is 0. The van der Waals surface area contributed by atoms with E-state index in [0.717, 1.165) is 35.6 Å². The molecule has 0 radical (unpaired) electrons. The van der Waals surface area contributed by atoms with Crippen molar-refractivity contribution in [3.05, 3.63) is 41.5 Å². The van der Waals surface area contributed by atoms with Crippen LogP contribution in [0, 0.1) is 0 Å². The minimum Gasteiger partial charge on any atom is -0.282 e. The first-order valence-corrected chi connectivity index (χ1v) is 19.4. The lowest BCUT2D eigenvalue weighted by Gasteiger charge is -2.12. The summed E-state index contributed by atoms with van der Waals surface area (Å²) in [5.74, 6) is 0. The van der Waals surface area contributed by atoms with Crippen molar-refractivity contribution in [1.82, 2.24) is 0 Å². The van der Waals surface area contributed by atoms with Gasteiger partial charge >= 0.3 is 0 Å². The van der Waals surface area contributed by atoms with E-state index in [1.54, 1.807) is 12.1 Å². The van der Waals surface area contributed by atoms with Gasteiger partial charge in [-0.2, -0.15) is 8.42 Å². The topological polar surface area (TPSA) is 54.4 Å². The van der Waals surface area contributed by atoms with E-state index < -0.39 is 10.1 Å². The van der Waals surface area contributed by atoms with Crippen LogP contribution in [0.4, 0.5) is 0 Å². The second-order valence-electron chi connectivity index (χ2n) is 12.9. The third kappa shape index (κ3) is 16.5. The Balaban J connectivity index is 1.74. The van der Waals surface area contributed by atoms with E-state index in [-0.39, 0.29) is 4.90 Å². The Morgan fingerprint density at radius 3 is 1.33 bits per heavy atom. The van der Waals surface area contributed by atoms with Gasteiger partial charge in [-0.1, -0.05) is 173 Å². The van der Waals surface area contributed by atoms with Crippen molar-refractivity contribution >= 4 is 20.9 Å². The van der Waals surface area contributed by atoms with Crippen LogP contribution in [0.25, 0.3) is 10.8 Å². The summed E-state index contributed by atoms with van der Waals surface area (Å²) in [6.07, 6.45) is 33.9. The highest BCUT2D eigenvalue weighted by molar-refractivity contribution is 7.85. The Hall–Kier alpha value is -1.39. The van der Waals surface area contributed by atoms with Crippen LogP contribution >= 0.6 is 0 Å². The molecule has 0 heterocycles. The van der Waals surface area contributed by atoms with E-state index in [4.69, 9.17) is 0 Å². The highest BCUT2D eigenvalue weighted by Crippen LogP contribution is 2.27. The fraction of sp³-hybridized carbons (Fsp3) is 0.737. The number of fused-ring (bicyclic) bond motifs is 1. The number of aryl methyl sites for hydroxylation is 2. The van der Waals surface area contributed by atoms with Gasteiger partial charge in [-0.25, -0.2) is 0 Å². The molecule has 0 amide bonds. The van der Waals surface area contributed by atoms with E-state index in [1.807, 2.05) is 6.07 Å². The molecule has 4 heteroatoms. The first-order chi connectivity index (χ1) is 20.5. The predicted molar refractivity (Wildman–Crippen MR) is 183 cm³/mol. The van der Waals surface area contributed by atoms with Crippen LogP contribution in [0.1, 0.15) is 179 Å². The molecular weight excluding hydrogens is 536 g/mol. The lowest BCUT2D eigenvalue weighted by molar-refractivity contribution is 0.483. The smallest absolute Gasteiger partial charge is 0.282 e. The molecule has 0 aliphatic carbocycles. The van der Waals surface area contributed by atoms with E-state index in [0.29, 0.717) is 0 Å². The number of unbranched alkanes of at least 4 members (excludes halogenated alkanes) is 22. The summed E-state index contributed by atoms with van der Waals surface area (Å²) in [4.78, 5) is 0.0256. The van der Waals surface area contributed by atoms with E-state index in [1.165, 1.54) is 153 Å². The lowest BCUT2D eigenvalue weighted by Crippen LogP contribution is -2.01. The number of rotatable bonds is 27. The van der Waals surface area contributed by atoms with E-state index in [9.17, 15) is 13.0 Å². The molecule has 0 bridgehead atoms. The second kappa shape index (κ2) is 23.1. The van der Waals surface area contributed by atoms with Gasteiger partial charge < -0.3 is 0 Å². The van der Waals surface area contributed by atoms with Crippen LogP contribution in [0.15, 0.2) is 35.2 Å². The summed E-state index contributed by atoms with van der Waals surface area (Å²) in [6.45, 7) is 4.55. The van der Waals surface area contributed by atoms with E-state index >= 15 is 0 Å². The molecule has 2 aromatic carbocycles. The Kier molecular flexibility index (Phi) is 20.2. The van der Waals surface area contributed by atoms with Gasteiger partial charge in [-0.05, 0) is 59.7 Å². The third-order valence-corrected chi connectivity index (χ3v) is 9.83. The number of benzene rings is 2. The maximum atomic E-state index is 12.0. The lowest BCUT2D eigenvalue weighted by atomic mass is 9.95. The van der Waals surface area contributed by atoms with Gasteiger partial charge in [0.05, 0.1) is 4.90 Å². The van der Waals surface area contributed by atoms with Crippen LogP contribution in [0.5, 0.6) is 0 Å². The molecule has 240 valence electrons. The van der Waals surface area contributed by atoms with Crippen molar-refractivity contribution in [2.75, 3.05) is 0 Å². The largest absolute Gasteiger partial charge is 0.294 e. The van der Waals surface area contributed by atoms with Crippen LogP contribution in [-0.2, 0) is 23.0 Å². The molecule has 1 N–H and O–H groups in total. The standard InChI is InChI=1S/C38H64O3S/c1-3-5-7-9-11-13-15-17-19-21-23-25-27-34-29-30-36-33-37(42(39,40)41)32-35(38(36)31-34)28-26-24-22-20-18-16-14-12-10-8-6-4-2/h29-33H,3-28H2,1-2H3,(H,39,40,41). The molecule has 2 rings (SSSR count). The van der Waals surface area contributed by atoms with Crippen LogP contribution in [0.3, 0.4) is 0 Å². The molecule has 3 nitrogen and oxygen atoms in total. The molecule has 0 atom stereocenters. The molecule has 0 aliphatic heterocycles. The monoisotopic (exact) mass is 600 g/mol. The van der Waals surface area contributed by atoms with Crippen LogP contribution < -0.4 is 0 Å². The average molecular weight is 601 g/mol. The molecule has 0 spiro atoms. The van der Waals surface area contributed by atoms with Crippen molar-refractivity contribution in [1.29, 1.82) is 0 Å². The van der Waals surface area contributed by atoms with Crippen LogP contribution in [0.2, 0.25) is 0 Å². The van der Waals surface area contributed by atoms with Gasteiger partial charge in [-0.15, -0.1) is 0 Å². The van der Waals surface area contributed by atoms with Gasteiger partial charge in [0.1, 0.15) is 0 Å². The van der Waals surface area contributed by atoms with Gasteiger partial charge in [0.2, 0.25) is 0 Å². The minimum atomic E-state index is -4.22. The van der Waals surface area contributed by atoms with Gasteiger partial charge in [0.15, 0.2) is 0 Å². The molecule has 0 unspecified atom stereocenters. The highest BCUT2D eigenvalue weighted by atomic mass is 32.2. The molecule has 0 saturated carbocycles. The molecule has 0 saturated heterocycles. The number of hydrogen-bond acceptors (Lipinski definition) is 2. The zero-order valence-electron chi connectivity index (χ0n) is 27.4. The Morgan fingerprint density at radius 1 is 0.500 bits per heavy atom. The Bertz CT molecular complexity index is 1060. The Labute approximate surface area is 260 Å². The first-order valence-electron chi connectivity index (χ1n) is 18.0. The summed E-state index contributed by atoms with van der Waals surface area (Å²) < 4.78 is 33.7. The number of hydrogen-bond donors (Lipinski definition) is 1. The minimum absolute atomic E-state index is 0.0256. The van der Waals surface area contributed by atoms with Crippen molar-refractivity contribution < 1.29 is 13.0 Å². The SMILES string of the molecule is CCCCCCCCCCCCCCc1ccc2cc(S(=O)(=O)O)cc(CCCCCCCCCCCCCC)c2c1. The van der Waals surface area contributed by atoms with Gasteiger partial charge in [0.25, 0.3) is 10.1 Å². The summed E-state index contributed by atoms with van der Waals surface area (Å²) in [5, 5.41) is 2.07. The third-order valence-electron chi connectivity index (χ3n) is 8.99. The van der Waals surface area contributed by atoms with E-state index in [2.05, 4.69) is 26.0 Å². The van der Waals surface area contributed by atoms with Gasteiger partial charge in [-0.3, -0.25) is 4.55 Å². The van der Waals surface area contributed by atoms with Crippen molar-refractivity contribution in [3.8, 4) is 0 Å². The molecule has 0 aliphatic rings. The fourth-order valence-corrected chi connectivity index (χ4v) is 6.86. The maximum absolute atomic E-state index is 12.0.